The van der Waals surface area contributed by atoms with Crippen molar-refractivity contribution in [2.45, 2.75) is 46.1 Å². The Kier molecular flexibility index (Phi) is 9.00. The number of aliphatic hydroxyl groups excluding tert-OH is 1. The zero-order valence-corrected chi connectivity index (χ0v) is 9.62. The van der Waals surface area contributed by atoms with Crippen LogP contribution in [0.15, 0.2) is 11.6 Å². The molecule has 1 N–H and O–H groups in total. The summed E-state index contributed by atoms with van der Waals surface area (Å²) in [7, 11) is 0. The lowest BCUT2D eigenvalue weighted by Gasteiger charge is -2.09. The molecule has 1 unspecified atom stereocenters. The van der Waals surface area contributed by atoms with E-state index in [4.69, 9.17) is 4.74 Å². The first-order valence-electron chi connectivity index (χ1n) is 5.39. The topological polar surface area (TPSA) is 29.5 Å². The maximum absolute atomic E-state index is 9.43. The van der Waals surface area contributed by atoms with E-state index < -0.39 is 0 Å². The molecule has 14 heavy (non-hydrogen) atoms. The van der Waals surface area contributed by atoms with Crippen molar-refractivity contribution in [3.63, 3.8) is 0 Å². The minimum absolute atomic E-state index is 0.296. The minimum atomic E-state index is -0.296. The zero-order valence-electron chi connectivity index (χ0n) is 9.62. The number of ether oxygens (including phenoxy) is 1. The lowest BCUT2D eigenvalue weighted by Crippen LogP contribution is -2.15. The van der Waals surface area contributed by atoms with Gasteiger partial charge in [-0.3, -0.25) is 0 Å². The number of aliphatic hydroxyl groups is 1. The average molecular weight is 199 g/mol. The predicted molar refractivity (Wildman–Crippen MR) is 60.1 cm³/mol. The molecule has 0 aliphatic heterocycles. The van der Waals surface area contributed by atoms with Gasteiger partial charge in [-0.15, -0.1) is 0 Å². The fourth-order valence-corrected chi connectivity index (χ4v) is 1.08. The Labute approximate surface area is 88.0 Å². The Bertz CT molecular complexity index is 148. The van der Waals surface area contributed by atoms with Gasteiger partial charge in [0.25, 0.3) is 0 Å². The fraction of sp³-hybridized carbons (Fsp3) is 0.750. The molecule has 0 spiro atoms. The highest BCUT2D eigenvalue weighted by Gasteiger charge is 2.02. The molecule has 0 rings (SSSR count). The van der Waals surface area contributed by atoms with E-state index in [1.165, 1.54) is 5.57 Å². The summed E-state index contributed by atoms with van der Waals surface area (Å²) in [5, 5.41) is 9.43. The van der Waals surface area contributed by atoms with E-state index in [1.54, 1.807) is 0 Å². The second-order valence-corrected chi connectivity index (χ2v) is 3.81. The summed E-state index contributed by atoms with van der Waals surface area (Å²) in [6.45, 7) is 7.26. The van der Waals surface area contributed by atoms with Gasteiger partial charge in [0.2, 0.25) is 0 Å². The van der Waals surface area contributed by atoms with Crippen LogP contribution in [-0.4, -0.2) is 24.4 Å². The highest BCUT2D eigenvalue weighted by Crippen LogP contribution is 2.01. The first-order chi connectivity index (χ1) is 6.66. The van der Waals surface area contributed by atoms with Crippen LogP contribution in [0.1, 0.15) is 40.0 Å². The highest BCUT2D eigenvalue weighted by molar-refractivity contribution is 5.02. The van der Waals surface area contributed by atoms with E-state index >= 15 is 0 Å². The van der Waals surface area contributed by atoms with E-state index in [0.717, 1.165) is 19.3 Å². The predicted octanol–water partition coefficient (Wildman–Crippen LogP) is 2.72. The molecular formula is C12H23O2. The van der Waals surface area contributed by atoms with E-state index in [-0.39, 0.29) is 6.10 Å². The number of hydrogen-bond acceptors (Lipinski definition) is 2. The van der Waals surface area contributed by atoms with Gasteiger partial charge in [-0.25, -0.2) is 0 Å². The van der Waals surface area contributed by atoms with Crippen LogP contribution in [0.25, 0.3) is 0 Å². The molecule has 0 aliphatic rings. The molecular weight excluding hydrogens is 176 g/mol. The van der Waals surface area contributed by atoms with Crippen molar-refractivity contribution in [1.82, 2.24) is 0 Å². The molecule has 0 heterocycles. The van der Waals surface area contributed by atoms with Gasteiger partial charge >= 0.3 is 0 Å². The Balaban J connectivity index is 3.22. The first kappa shape index (κ1) is 13.7. The third kappa shape index (κ3) is 9.75. The van der Waals surface area contributed by atoms with Gasteiger partial charge in [0.05, 0.1) is 19.3 Å². The monoisotopic (exact) mass is 199 g/mol. The van der Waals surface area contributed by atoms with Crippen LogP contribution < -0.4 is 0 Å². The van der Waals surface area contributed by atoms with Gasteiger partial charge in [-0.1, -0.05) is 31.4 Å². The first-order valence-corrected chi connectivity index (χ1v) is 5.39. The van der Waals surface area contributed by atoms with E-state index in [9.17, 15) is 5.11 Å². The largest absolute Gasteiger partial charge is 0.391 e. The molecule has 0 saturated carbocycles. The van der Waals surface area contributed by atoms with Crippen molar-refractivity contribution < 1.29 is 9.84 Å². The van der Waals surface area contributed by atoms with Gasteiger partial charge < -0.3 is 9.84 Å². The Morgan fingerprint density at radius 1 is 1.43 bits per heavy atom. The summed E-state index contributed by atoms with van der Waals surface area (Å²) in [5.41, 5.74) is 1.26. The molecule has 0 aromatic heterocycles. The van der Waals surface area contributed by atoms with Crippen LogP contribution in [-0.2, 0) is 4.74 Å². The number of hydrogen-bond donors (Lipinski definition) is 1. The van der Waals surface area contributed by atoms with Gasteiger partial charge in [0.15, 0.2) is 0 Å². The quantitative estimate of drug-likeness (QED) is 0.609. The third-order valence-electron chi connectivity index (χ3n) is 1.87. The maximum atomic E-state index is 9.43. The second-order valence-electron chi connectivity index (χ2n) is 3.81. The van der Waals surface area contributed by atoms with Crippen molar-refractivity contribution >= 4 is 0 Å². The Hall–Kier alpha value is -0.340. The molecule has 0 aliphatic carbocycles. The normalized spacial score (nSPS) is 12.6. The SMILES string of the molecule is CCCCC(O)COC[CH]C=C(C)C. The molecule has 0 aromatic rings. The van der Waals surface area contributed by atoms with Crippen molar-refractivity contribution in [3.05, 3.63) is 18.1 Å². The molecule has 1 atom stereocenters. The fourth-order valence-electron chi connectivity index (χ4n) is 1.08. The van der Waals surface area contributed by atoms with Crippen molar-refractivity contribution in [2.75, 3.05) is 13.2 Å². The van der Waals surface area contributed by atoms with Crippen LogP contribution in [0, 0.1) is 6.42 Å². The minimum Gasteiger partial charge on any atom is -0.391 e. The van der Waals surface area contributed by atoms with Crippen molar-refractivity contribution in [1.29, 1.82) is 0 Å². The van der Waals surface area contributed by atoms with Crippen LogP contribution in [0.5, 0.6) is 0 Å². The summed E-state index contributed by atoms with van der Waals surface area (Å²) in [4.78, 5) is 0. The molecule has 2 heteroatoms. The molecule has 83 valence electrons. The molecule has 0 bridgehead atoms. The lowest BCUT2D eigenvalue weighted by molar-refractivity contribution is 0.0408. The molecule has 0 fully saturated rings. The van der Waals surface area contributed by atoms with Crippen LogP contribution >= 0.6 is 0 Å². The number of rotatable bonds is 8. The Morgan fingerprint density at radius 2 is 2.14 bits per heavy atom. The van der Waals surface area contributed by atoms with Crippen molar-refractivity contribution in [3.8, 4) is 0 Å². The molecule has 2 nitrogen and oxygen atoms in total. The van der Waals surface area contributed by atoms with E-state index in [0.29, 0.717) is 13.2 Å². The average Bonchev–Trinajstić information content (AvgIpc) is 2.13. The second kappa shape index (κ2) is 9.22. The van der Waals surface area contributed by atoms with Crippen LogP contribution in [0.3, 0.4) is 0 Å². The molecule has 0 saturated heterocycles. The van der Waals surface area contributed by atoms with Gasteiger partial charge in [0.1, 0.15) is 0 Å². The standard InChI is InChI=1S/C12H23O2/c1-4-5-8-12(13)10-14-9-6-7-11(2)3/h6-7,12-13H,4-5,8-10H2,1-3H3. The number of allylic oxidation sites excluding steroid dienone is 1. The summed E-state index contributed by atoms with van der Waals surface area (Å²) in [6.07, 6.45) is 6.75. The smallest absolute Gasteiger partial charge is 0.0773 e. The summed E-state index contributed by atoms with van der Waals surface area (Å²) in [6, 6.07) is 0. The molecule has 0 aromatic carbocycles. The summed E-state index contributed by atoms with van der Waals surface area (Å²) in [5.74, 6) is 0. The van der Waals surface area contributed by atoms with Gasteiger partial charge in [0, 0.05) is 6.42 Å². The third-order valence-corrected chi connectivity index (χ3v) is 1.87. The van der Waals surface area contributed by atoms with Crippen LogP contribution in [0.4, 0.5) is 0 Å². The van der Waals surface area contributed by atoms with Crippen molar-refractivity contribution in [2.24, 2.45) is 0 Å². The van der Waals surface area contributed by atoms with Crippen LogP contribution in [0.2, 0.25) is 0 Å². The van der Waals surface area contributed by atoms with E-state index in [1.807, 2.05) is 26.3 Å². The highest BCUT2D eigenvalue weighted by atomic mass is 16.5. The molecule has 0 amide bonds. The maximum Gasteiger partial charge on any atom is 0.0773 e. The summed E-state index contributed by atoms with van der Waals surface area (Å²) < 4.78 is 5.29. The van der Waals surface area contributed by atoms with Gasteiger partial charge in [-0.2, -0.15) is 0 Å². The van der Waals surface area contributed by atoms with Gasteiger partial charge in [-0.05, 0) is 20.3 Å². The Morgan fingerprint density at radius 3 is 2.71 bits per heavy atom. The van der Waals surface area contributed by atoms with E-state index in [2.05, 4.69) is 6.92 Å². The summed E-state index contributed by atoms with van der Waals surface area (Å²) >= 11 is 0. The molecule has 1 radical (unpaired) electrons. The number of unbranched alkanes of at least 4 members (excludes halogenated alkanes) is 1. The lowest BCUT2D eigenvalue weighted by atomic mass is 10.2. The zero-order chi connectivity index (χ0) is 10.8.